The standard InChI is InChI=1S/C15H29NO3/c1-14(2,3)8-10-18-12-7-9-16(11-12)13(17)19-15(4,5)6/h12H,7-11H2,1-6H3. The second-order valence-corrected chi connectivity index (χ2v) is 7.52. The Labute approximate surface area is 117 Å². The molecule has 0 radical (unpaired) electrons. The smallest absolute Gasteiger partial charge is 0.410 e. The normalized spacial score (nSPS) is 20.7. The maximum Gasteiger partial charge on any atom is 0.410 e. The predicted molar refractivity (Wildman–Crippen MR) is 76.2 cm³/mol. The van der Waals surface area contributed by atoms with E-state index in [0.717, 1.165) is 26.0 Å². The van der Waals surface area contributed by atoms with E-state index in [2.05, 4.69) is 20.8 Å². The Hall–Kier alpha value is -0.770. The van der Waals surface area contributed by atoms with Crippen LogP contribution in [0.25, 0.3) is 0 Å². The molecule has 1 amide bonds. The molecule has 19 heavy (non-hydrogen) atoms. The summed E-state index contributed by atoms with van der Waals surface area (Å²) in [5.74, 6) is 0. The van der Waals surface area contributed by atoms with Gasteiger partial charge in [0.05, 0.1) is 12.6 Å². The molecule has 0 aromatic rings. The number of ether oxygens (including phenoxy) is 2. The SMILES string of the molecule is CC(C)(C)CCOC1CCN(C(=O)OC(C)(C)C)C1. The number of hydrogen-bond donors (Lipinski definition) is 0. The monoisotopic (exact) mass is 271 g/mol. The van der Waals surface area contributed by atoms with E-state index in [1.807, 2.05) is 20.8 Å². The van der Waals surface area contributed by atoms with E-state index in [0.29, 0.717) is 12.0 Å². The van der Waals surface area contributed by atoms with Crippen LogP contribution in [0.3, 0.4) is 0 Å². The molecule has 0 aromatic carbocycles. The van der Waals surface area contributed by atoms with E-state index in [9.17, 15) is 4.79 Å². The summed E-state index contributed by atoms with van der Waals surface area (Å²) in [6.45, 7) is 14.4. The van der Waals surface area contributed by atoms with Gasteiger partial charge in [-0.2, -0.15) is 0 Å². The summed E-state index contributed by atoms with van der Waals surface area (Å²) in [5, 5.41) is 0. The Morgan fingerprint density at radius 3 is 2.37 bits per heavy atom. The highest BCUT2D eigenvalue weighted by atomic mass is 16.6. The first-order valence-corrected chi connectivity index (χ1v) is 7.16. The van der Waals surface area contributed by atoms with E-state index in [-0.39, 0.29) is 12.2 Å². The first kappa shape index (κ1) is 16.3. The van der Waals surface area contributed by atoms with Crippen LogP contribution in [0.2, 0.25) is 0 Å². The van der Waals surface area contributed by atoms with Gasteiger partial charge in [0, 0.05) is 13.2 Å². The average Bonchev–Trinajstić information content (AvgIpc) is 2.61. The van der Waals surface area contributed by atoms with Crippen molar-refractivity contribution < 1.29 is 14.3 Å². The molecular formula is C15H29NO3. The molecule has 0 aliphatic carbocycles. The van der Waals surface area contributed by atoms with Crippen LogP contribution < -0.4 is 0 Å². The van der Waals surface area contributed by atoms with Crippen LogP contribution >= 0.6 is 0 Å². The third kappa shape index (κ3) is 6.81. The Balaban J connectivity index is 2.28. The van der Waals surface area contributed by atoms with Crippen molar-refractivity contribution in [3.05, 3.63) is 0 Å². The summed E-state index contributed by atoms with van der Waals surface area (Å²) in [7, 11) is 0. The zero-order chi connectivity index (χ0) is 14.7. The van der Waals surface area contributed by atoms with E-state index in [1.165, 1.54) is 0 Å². The molecule has 1 aliphatic heterocycles. The fourth-order valence-corrected chi connectivity index (χ4v) is 1.89. The van der Waals surface area contributed by atoms with Crippen LogP contribution in [0.1, 0.15) is 54.4 Å². The summed E-state index contributed by atoms with van der Waals surface area (Å²) in [4.78, 5) is 13.6. The Morgan fingerprint density at radius 1 is 1.21 bits per heavy atom. The Morgan fingerprint density at radius 2 is 1.84 bits per heavy atom. The molecule has 0 saturated carbocycles. The molecule has 1 heterocycles. The summed E-state index contributed by atoms with van der Waals surface area (Å²) in [6, 6.07) is 0. The van der Waals surface area contributed by atoms with Crippen molar-refractivity contribution in [2.75, 3.05) is 19.7 Å². The number of carbonyl (C=O) groups excluding carboxylic acids is 1. The molecule has 4 nitrogen and oxygen atoms in total. The molecule has 1 aliphatic rings. The number of rotatable bonds is 3. The highest BCUT2D eigenvalue weighted by Crippen LogP contribution is 2.21. The number of amides is 1. The predicted octanol–water partition coefficient (Wildman–Crippen LogP) is 3.45. The number of carbonyl (C=O) groups is 1. The van der Waals surface area contributed by atoms with Gasteiger partial charge in [-0.1, -0.05) is 20.8 Å². The zero-order valence-electron chi connectivity index (χ0n) is 13.3. The summed E-state index contributed by atoms with van der Waals surface area (Å²) in [6.07, 6.45) is 1.88. The van der Waals surface area contributed by atoms with Crippen LogP contribution in [-0.2, 0) is 9.47 Å². The van der Waals surface area contributed by atoms with Crippen molar-refractivity contribution in [3.63, 3.8) is 0 Å². The fourth-order valence-electron chi connectivity index (χ4n) is 1.89. The van der Waals surface area contributed by atoms with Crippen molar-refractivity contribution >= 4 is 6.09 Å². The average molecular weight is 271 g/mol. The van der Waals surface area contributed by atoms with Crippen molar-refractivity contribution in [1.29, 1.82) is 0 Å². The Bertz CT molecular complexity index is 301. The molecule has 1 saturated heterocycles. The molecule has 1 fully saturated rings. The number of likely N-dealkylation sites (tertiary alicyclic amines) is 1. The van der Waals surface area contributed by atoms with Crippen LogP contribution in [0.4, 0.5) is 4.79 Å². The molecular weight excluding hydrogens is 242 g/mol. The van der Waals surface area contributed by atoms with Gasteiger partial charge in [-0.15, -0.1) is 0 Å². The van der Waals surface area contributed by atoms with E-state index in [4.69, 9.17) is 9.47 Å². The van der Waals surface area contributed by atoms with Gasteiger partial charge >= 0.3 is 6.09 Å². The van der Waals surface area contributed by atoms with E-state index in [1.54, 1.807) is 4.90 Å². The summed E-state index contributed by atoms with van der Waals surface area (Å²) < 4.78 is 11.2. The molecule has 0 bridgehead atoms. The van der Waals surface area contributed by atoms with Gasteiger partial charge in [0.25, 0.3) is 0 Å². The van der Waals surface area contributed by atoms with Crippen LogP contribution in [0.15, 0.2) is 0 Å². The van der Waals surface area contributed by atoms with Gasteiger partial charge in [-0.3, -0.25) is 0 Å². The number of nitrogens with zero attached hydrogens (tertiary/aromatic N) is 1. The van der Waals surface area contributed by atoms with Crippen LogP contribution in [-0.4, -0.2) is 42.4 Å². The quantitative estimate of drug-likeness (QED) is 0.789. The molecule has 4 heteroatoms. The second-order valence-electron chi connectivity index (χ2n) is 7.52. The lowest BCUT2D eigenvalue weighted by Gasteiger charge is -2.24. The van der Waals surface area contributed by atoms with Crippen molar-refractivity contribution in [2.45, 2.75) is 66.1 Å². The molecule has 1 atom stereocenters. The van der Waals surface area contributed by atoms with E-state index < -0.39 is 5.60 Å². The summed E-state index contributed by atoms with van der Waals surface area (Å²) >= 11 is 0. The highest BCUT2D eigenvalue weighted by molar-refractivity contribution is 5.68. The lowest BCUT2D eigenvalue weighted by atomic mass is 9.93. The lowest BCUT2D eigenvalue weighted by molar-refractivity contribution is 0.0179. The van der Waals surface area contributed by atoms with Gasteiger partial charge in [0.1, 0.15) is 5.60 Å². The van der Waals surface area contributed by atoms with Crippen molar-refractivity contribution in [1.82, 2.24) is 4.90 Å². The van der Waals surface area contributed by atoms with Crippen molar-refractivity contribution in [3.8, 4) is 0 Å². The summed E-state index contributed by atoms with van der Waals surface area (Å²) in [5.41, 5.74) is -0.133. The molecule has 0 aromatic heterocycles. The van der Waals surface area contributed by atoms with Gasteiger partial charge in [0.15, 0.2) is 0 Å². The zero-order valence-corrected chi connectivity index (χ0v) is 13.3. The van der Waals surface area contributed by atoms with Crippen molar-refractivity contribution in [2.24, 2.45) is 5.41 Å². The maximum atomic E-state index is 11.9. The Kier molecular flexibility index (Phi) is 5.25. The van der Waals surface area contributed by atoms with Crippen LogP contribution in [0.5, 0.6) is 0 Å². The van der Waals surface area contributed by atoms with Gasteiger partial charge in [0.2, 0.25) is 0 Å². The molecule has 0 N–H and O–H groups in total. The number of hydrogen-bond acceptors (Lipinski definition) is 3. The third-order valence-corrected chi connectivity index (χ3v) is 3.00. The lowest BCUT2D eigenvalue weighted by Crippen LogP contribution is -2.36. The third-order valence-electron chi connectivity index (χ3n) is 3.00. The minimum absolute atomic E-state index is 0.162. The minimum Gasteiger partial charge on any atom is -0.444 e. The molecule has 1 unspecified atom stereocenters. The fraction of sp³-hybridized carbons (Fsp3) is 0.933. The second kappa shape index (κ2) is 6.12. The highest BCUT2D eigenvalue weighted by Gasteiger charge is 2.30. The van der Waals surface area contributed by atoms with Gasteiger partial charge in [-0.05, 0) is 39.0 Å². The largest absolute Gasteiger partial charge is 0.444 e. The topological polar surface area (TPSA) is 38.8 Å². The first-order valence-electron chi connectivity index (χ1n) is 7.16. The first-order chi connectivity index (χ1) is 8.57. The van der Waals surface area contributed by atoms with Crippen LogP contribution in [0, 0.1) is 5.41 Å². The van der Waals surface area contributed by atoms with Gasteiger partial charge < -0.3 is 14.4 Å². The maximum absolute atomic E-state index is 11.9. The molecule has 0 spiro atoms. The minimum atomic E-state index is -0.428. The molecule has 112 valence electrons. The van der Waals surface area contributed by atoms with Gasteiger partial charge in [-0.25, -0.2) is 4.79 Å². The van der Waals surface area contributed by atoms with E-state index >= 15 is 0 Å². The molecule has 1 rings (SSSR count).